The monoisotopic (exact) mass is 506 g/mol. The van der Waals surface area contributed by atoms with E-state index in [1.54, 1.807) is 16.7 Å². The van der Waals surface area contributed by atoms with Crippen LogP contribution in [0.25, 0.3) is 0 Å². The van der Waals surface area contributed by atoms with Crippen LogP contribution in [0.4, 0.5) is 22.7 Å². The molecule has 0 atom stereocenters. The number of anilines is 4. The van der Waals surface area contributed by atoms with Crippen molar-refractivity contribution in [3.63, 3.8) is 0 Å². The highest BCUT2D eigenvalue weighted by Crippen LogP contribution is 2.61. The smallest absolute Gasteiger partial charge is 0.100 e. The lowest BCUT2D eigenvalue weighted by Crippen LogP contribution is -2.41. The van der Waals surface area contributed by atoms with Crippen molar-refractivity contribution in [3.8, 4) is 0 Å². The number of hydrogen-bond acceptors (Lipinski definition) is 2. The van der Waals surface area contributed by atoms with Crippen molar-refractivity contribution >= 4 is 22.7 Å². The normalized spacial score (nSPS) is 20.0. The molecule has 0 bridgehead atoms. The Morgan fingerprint density at radius 1 is 0.579 bits per heavy atom. The quantitative estimate of drug-likeness (QED) is 0.349. The zero-order valence-electron chi connectivity index (χ0n) is 25.3. The van der Waals surface area contributed by atoms with E-state index in [9.17, 15) is 0 Å². The van der Waals surface area contributed by atoms with Gasteiger partial charge in [-0.2, -0.15) is 0 Å². The van der Waals surface area contributed by atoms with Crippen LogP contribution in [0, 0.1) is 0 Å². The summed E-state index contributed by atoms with van der Waals surface area (Å²) >= 11 is 0. The number of benzene rings is 3. The molecule has 0 fully saturated rings. The van der Waals surface area contributed by atoms with E-state index in [4.69, 9.17) is 0 Å². The fourth-order valence-corrected chi connectivity index (χ4v) is 7.77. The van der Waals surface area contributed by atoms with Crippen LogP contribution in [0.5, 0.6) is 0 Å². The zero-order chi connectivity index (χ0) is 27.4. The first-order valence-corrected chi connectivity index (χ1v) is 14.8. The van der Waals surface area contributed by atoms with Crippen molar-refractivity contribution in [1.29, 1.82) is 0 Å². The van der Waals surface area contributed by atoms with E-state index >= 15 is 0 Å². The molecule has 200 valence electrons. The average molecular weight is 507 g/mol. The molecule has 3 aromatic carbocycles. The lowest BCUT2D eigenvalue weighted by molar-refractivity contribution is 0.326. The fourth-order valence-electron chi connectivity index (χ4n) is 7.77. The van der Waals surface area contributed by atoms with E-state index in [1.165, 1.54) is 52.3 Å². The van der Waals surface area contributed by atoms with Gasteiger partial charge in [-0.1, -0.05) is 106 Å². The topological polar surface area (TPSA) is 6.48 Å². The van der Waals surface area contributed by atoms with Gasteiger partial charge in [-0.05, 0) is 81.0 Å². The predicted octanol–water partition coefficient (Wildman–Crippen LogP) is 10.2. The molecule has 0 radical (unpaired) electrons. The molecule has 0 spiro atoms. The van der Waals surface area contributed by atoms with E-state index in [1.807, 2.05) is 0 Å². The Hall–Kier alpha value is -2.74. The summed E-state index contributed by atoms with van der Waals surface area (Å²) in [6.07, 6.45) is 2.48. The highest BCUT2D eigenvalue weighted by Gasteiger charge is 2.48. The zero-order valence-corrected chi connectivity index (χ0v) is 25.3. The van der Waals surface area contributed by atoms with E-state index in [0.29, 0.717) is 11.8 Å². The first-order valence-electron chi connectivity index (χ1n) is 14.8. The Labute approximate surface area is 231 Å². The third-order valence-electron chi connectivity index (χ3n) is 10.0. The molecule has 0 amide bonds. The van der Waals surface area contributed by atoms with E-state index in [-0.39, 0.29) is 16.2 Å². The molecule has 1 aliphatic carbocycles. The molecule has 0 saturated heterocycles. The molecule has 2 heterocycles. The number of fused-ring (bicyclic) bond motifs is 4. The van der Waals surface area contributed by atoms with Gasteiger partial charge in [-0.25, -0.2) is 0 Å². The summed E-state index contributed by atoms with van der Waals surface area (Å²) < 4.78 is 0. The Balaban J connectivity index is 1.64. The molecular weight excluding hydrogens is 460 g/mol. The molecule has 0 aromatic heterocycles. The van der Waals surface area contributed by atoms with Crippen molar-refractivity contribution < 1.29 is 0 Å². The third kappa shape index (κ3) is 3.38. The van der Waals surface area contributed by atoms with Crippen molar-refractivity contribution in [2.45, 2.75) is 110 Å². The largest absolute Gasteiger partial charge is 0.320 e. The minimum atomic E-state index is -0.0678. The molecule has 3 aromatic rings. The highest BCUT2D eigenvalue weighted by molar-refractivity contribution is 5.95. The van der Waals surface area contributed by atoms with Crippen molar-refractivity contribution in [1.82, 2.24) is 0 Å². The van der Waals surface area contributed by atoms with Gasteiger partial charge in [0.25, 0.3) is 0 Å². The second-order valence-electron chi connectivity index (χ2n) is 14.5. The van der Waals surface area contributed by atoms with Crippen LogP contribution in [0.1, 0.15) is 127 Å². The molecule has 2 aliphatic heterocycles. The molecule has 0 unspecified atom stereocenters. The van der Waals surface area contributed by atoms with Crippen LogP contribution in [0.15, 0.2) is 48.5 Å². The van der Waals surface area contributed by atoms with E-state index < -0.39 is 0 Å². The summed E-state index contributed by atoms with van der Waals surface area (Å²) in [5.74, 6) is 0.932. The maximum Gasteiger partial charge on any atom is 0.100 e. The van der Waals surface area contributed by atoms with Gasteiger partial charge in [0.05, 0.1) is 11.4 Å². The predicted molar refractivity (Wildman–Crippen MR) is 164 cm³/mol. The first-order chi connectivity index (χ1) is 17.8. The van der Waals surface area contributed by atoms with Gasteiger partial charge in [0.1, 0.15) is 6.67 Å². The van der Waals surface area contributed by atoms with Crippen molar-refractivity contribution in [3.05, 3.63) is 81.9 Å². The molecule has 6 rings (SSSR count). The van der Waals surface area contributed by atoms with Gasteiger partial charge in [0.2, 0.25) is 0 Å². The Morgan fingerprint density at radius 3 is 1.79 bits per heavy atom. The van der Waals surface area contributed by atoms with Crippen LogP contribution < -0.4 is 9.80 Å². The molecule has 0 saturated carbocycles. The van der Waals surface area contributed by atoms with Crippen molar-refractivity contribution in [2.75, 3.05) is 16.5 Å². The Bertz CT molecular complexity index is 1410. The van der Waals surface area contributed by atoms with Crippen LogP contribution in [-0.4, -0.2) is 6.67 Å². The lowest BCUT2D eigenvalue weighted by atomic mass is 9.58. The standard InChI is InChI=1S/C36H46N2/c1-22(2)24-13-11-14-25(23(3)4)32(24)38-21-37-28-18-17-26-30(35(7,8)20-19-34(26,5)6)31(28)36(9,10)27-15-12-16-29(38)33(27)37/h11-18,22-23H,19-21H2,1-10H3. The summed E-state index contributed by atoms with van der Waals surface area (Å²) in [4.78, 5) is 5.27. The van der Waals surface area contributed by atoms with Crippen molar-refractivity contribution in [2.24, 2.45) is 0 Å². The summed E-state index contributed by atoms with van der Waals surface area (Å²) in [5.41, 5.74) is 15.0. The summed E-state index contributed by atoms with van der Waals surface area (Å²) in [5, 5.41) is 0. The van der Waals surface area contributed by atoms with Crippen LogP contribution in [0.2, 0.25) is 0 Å². The first kappa shape index (κ1) is 25.5. The summed E-state index contributed by atoms with van der Waals surface area (Å²) in [6, 6.07) is 18.9. The fraction of sp³-hybridized carbons (Fsp3) is 0.500. The van der Waals surface area contributed by atoms with Gasteiger partial charge in [0, 0.05) is 16.8 Å². The SMILES string of the molecule is CC(C)c1cccc(C(C)C)c1N1CN2c3ccc4c(c3C(C)(C)c3cccc1c32)C(C)(C)CCC4(C)C. The van der Waals surface area contributed by atoms with Gasteiger partial charge in [-0.15, -0.1) is 0 Å². The molecule has 38 heavy (non-hydrogen) atoms. The van der Waals surface area contributed by atoms with Gasteiger partial charge >= 0.3 is 0 Å². The molecular formula is C36H46N2. The minimum absolute atomic E-state index is 0.0678. The van der Waals surface area contributed by atoms with Gasteiger partial charge in [0.15, 0.2) is 0 Å². The molecule has 0 N–H and O–H groups in total. The Kier molecular flexibility index (Phi) is 5.47. The number of rotatable bonds is 3. The van der Waals surface area contributed by atoms with E-state index in [2.05, 4.69) is 128 Å². The number of hydrogen-bond donors (Lipinski definition) is 0. The summed E-state index contributed by atoms with van der Waals surface area (Å²) in [6.45, 7) is 25.0. The minimum Gasteiger partial charge on any atom is -0.320 e. The van der Waals surface area contributed by atoms with E-state index in [0.717, 1.165) is 6.67 Å². The third-order valence-corrected chi connectivity index (χ3v) is 10.0. The highest BCUT2D eigenvalue weighted by atomic mass is 15.4. The number of para-hydroxylation sites is 2. The maximum absolute atomic E-state index is 2.64. The van der Waals surface area contributed by atoms with Gasteiger partial charge in [-0.3, -0.25) is 0 Å². The maximum atomic E-state index is 2.64. The Morgan fingerprint density at radius 2 is 1.16 bits per heavy atom. The van der Waals surface area contributed by atoms with Crippen LogP contribution >= 0.6 is 0 Å². The summed E-state index contributed by atoms with van der Waals surface area (Å²) in [7, 11) is 0. The van der Waals surface area contributed by atoms with Crippen LogP contribution in [0.3, 0.4) is 0 Å². The molecule has 2 heteroatoms. The average Bonchev–Trinajstić information content (AvgIpc) is 3.24. The van der Waals surface area contributed by atoms with Crippen LogP contribution in [-0.2, 0) is 16.2 Å². The van der Waals surface area contributed by atoms with Gasteiger partial charge < -0.3 is 9.80 Å². The molecule has 3 aliphatic rings. The lowest BCUT2D eigenvalue weighted by Gasteiger charge is -2.49. The second kappa shape index (κ2) is 8.13. The molecule has 2 nitrogen and oxygen atoms in total. The number of nitrogens with zero attached hydrogens (tertiary/aromatic N) is 2. The second-order valence-corrected chi connectivity index (χ2v) is 14.5.